The summed E-state index contributed by atoms with van der Waals surface area (Å²) in [5, 5.41) is 9.59. The lowest BCUT2D eigenvalue weighted by Crippen LogP contribution is -2.07. The summed E-state index contributed by atoms with van der Waals surface area (Å²) in [7, 11) is 0. The van der Waals surface area contributed by atoms with Gasteiger partial charge in [0.25, 0.3) is 0 Å². The fourth-order valence-corrected chi connectivity index (χ4v) is 0.164. The first-order chi connectivity index (χ1) is 3.81. The number of hydrogen-bond donors (Lipinski definition) is 0. The SMILES string of the molecule is C#CCOC(=O)C[O]. The van der Waals surface area contributed by atoms with Crippen molar-refractivity contribution in [2.24, 2.45) is 0 Å². The number of ether oxygens (including phenoxy) is 1. The second kappa shape index (κ2) is 4.16. The van der Waals surface area contributed by atoms with E-state index in [0.717, 1.165) is 0 Å². The molecule has 43 valence electrons. The molecule has 3 nitrogen and oxygen atoms in total. The van der Waals surface area contributed by atoms with E-state index >= 15 is 0 Å². The van der Waals surface area contributed by atoms with Gasteiger partial charge in [0.05, 0.1) is 0 Å². The summed E-state index contributed by atoms with van der Waals surface area (Å²) in [5.41, 5.74) is 0. The molecule has 1 radical (unpaired) electrons. The zero-order chi connectivity index (χ0) is 6.41. The highest BCUT2D eigenvalue weighted by Crippen LogP contribution is 1.72. The number of esters is 1. The largest absolute Gasteiger partial charge is 0.451 e. The second-order valence-electron chi connectivity index (χ2n) is 1.01. The third-order valence-electron chi connectivity index (χ3n) is 0.434. The Hall–Kier alpha value is -1.01. The predicted molar refractivity (Wildman–Crippen MR) is 25.3 cm³/mol. The monoisotopic (exact) mass is 113 g/mol. The summed E-state index contributed by atoms with van der Waals surface area (Å²) >= 11 is 0. The Morgan fingerprint density at radius 3 is 2.75 bits per heavy atom. The Morgan fingerprint density at radius 1 is 1.75 bits per heavy atom. The summed E-state index contributed by atoms with van der Waals surface area (Å²) in [6.07, 6.45) is 4.70. The number of carbonyl (C=O) groups is 1. The lowest BCUT2D eigenvalue weighted by Gasteiger charge is -1.91. The standard InChI is InChI=1S/C5H5O3/c1-2-3-8-5(7)4-6/h1H,3-4H2. The molecule has 0 fully saturated rings. The van der Waals surface area contributed by atoms with Crippen molar-refractivity contribution < 1.29 is 14.6 Å². The fraction of sp³-hybridized carbons (Fsp3) is 0.400. The first kappa shape index (κ1) is 6.99. The summed E-state index contributed by atoms with van der Waals surface area (Å²) < 4.78 is 4.15. The molecule has 0 bridgehead atoms. The molecule has 0 N–H and O–H groups in total. The molecule has 0 spiro atoms. The van der Waals surface area contributed by atoms with Gasteiger partial charge in [-0.25, -0.2) is 9.90 Å². The summed E-state index contributed by atoms with van der Waals surface area (Å²) in [6.45, 7) is -0.969. The van der Waals surface area contributed by atoms with E-state index < -0.39 is 12.6 Å². The minimum Gasteiger partial charge on any atom is -0.451 e. The van der Waals surface area contributed by atoms with Crippen molar-refractivity contribution in [3.8, 4) is 12.3 Å². The molecule has 0 aromatic rings. The van der Waals surface area contributed by atoms with Gasteiger partial charge in [-0.1, -0.05) is 5.92 Å². The zero-order valence-electron chi connectivity index (χ0n) is 4.22. The number of carbonyl (C=O) groups excluding carboxylic acids is 1. The third-order valence-corrected chi connectivity index (χ3v) is 0.434. The minimum absolute atomic E-state index is 0.110. The molecule has 8 heavy (non-hydrogen) atoms. The number of rotatable bonds is 2. The first-order valence-electron chi connectivity index (χ1n) is 1.98. The minimum atomic E-state index is -0.859. The van der Waals surface area contributed by atoms with E-state index in [1.54, 1.807) is 0 Å². The fourth-order valence-electron chi connectivity index (χ4n) is 0.164. The van der Waals surface area contributed by atoms with Gasteiger partial charge in [0.15, 0.2) is 13.2 Å². The van der Waals surface area contributed by atoms with Gasteiger partial charge in [-0.05, 0) is 0 Å². The molecule has 0 saturated heterocycles. The average Bonchev–Trinajstić information content (AvgIpc) is 1.83. The molecule has 0 atom stereocenters. The van der Waals surface area contributed by atoms with E-state index in [9.17, 15) is 9.90 Å². The van der Waals surface area contributed by atoms with Crippen molar-refractivity contribution in [1.29, 1.82) is 0 Å². The normalized spacial score (nSPS) is 7.50. The predicted octanol–water partition coefficient (Wildman–Crippen LogP) is -0.407. The van der Waals surface area contributed by atoms with Gasteiger partial charge in [0, 0.05) is 0 Å². The van der Waals surface area contributed by atoms with Crippen LogP contribution in [0.2, 0.25) is 0 Å². The van der Waals surface area contributed by atoms with E-state index in [-0.39, 0.29) is 6.61 Å². The van der Waals surface area contributed by atoms with Gasteiger partial charge in [-0.2, -0.15) is 0 Å². The topological polar surface area (TPSA) is 46.2 Å². The van der Waals surface area contributed by atoms with E-state index in [1.807, 2.05) is 0 Å². The highest BCUT2D eigenvalue weighted by molar-refractivity contribution is 5.70. The molecule has 3 heteroatoms. The van der Waals surface area contributed by atoms with Crippen LogP contribution in [0.25, 0.3) is 0 Å². The van der Waals surface area contributed by atoms with Crippen LogP contribution in [0.3, 0.4) is 0 Å². The van der Waals surface area contributed by atoms with Crippen molar-refractivity contribution in [3.05, 3.63) is 0 Å². The van der Waals surface area contributed by atoms with Crippen molar-refractivity contribution in [2.45, 2.75) is 0 Å². The van der Waals surface area contributed by atoms with Crippen LogP contribution in [0.1, 0.15) is 0 Å². The maximum atomic E-state index is 9.94. The summed E-state index contributed by atoms with van der Waals surface area (Å²) in [4.78, 5) is 9.94. The van der Waals surface area contributed by atoms with E-state index in [0.29, 0.717) is 0 Å². The molecule has 0 aromatic carbocycles. The van der Waals surface area contributed by atoms with Gasteiger partial charge in [-0.3, -0.25) is 0 Å². The lowest BCUT2D eigenvalue weighted by atomic mass is 10.7. The maximum Gasteiger partial charge on any atom is 0.336 e. The van der Waals surface area contributed by atoms with Crippen molar-refractivity contribution in [2.75, 3.05) is 13.2 Å². The van der Waals surface area contributed by atoms with Gasteiger partial charge in [0.1, 0.15) is 0 Å². The molecule has 0 aliphatic rings. The molecule has 0 heterocycles. The van der Waals surface area contributed by atoms with Crippen molar-refractivity contribution >= 4 is 5.97 Å². The van der Waals surface area contributed by atoms with Gasteiger partial charge in [-0.15, -0.1) is 6.42 Å². The van der Waals surface area contributed by atoms with E-state index in [4.69, 9.17) is 6.42 Å². The maximum absolute atomic E-state index is 9.94. The van der Waals surface area contributed by atoms with Gasteiger partial charge in [0.2, 0.25) is 0 Å². The van der Waals surface area contributed by atoms with Crippen LogP contribution in [-0.2, 0) is 14.6 Å². The van der Waals surface area contributed by atoms with E-state index in [1.165, 1.54) is 0 Å². The molecule has 0 aliphatic carbocycles. The number of terminal acetylenes is 1. The molecule has 0 amide bonds. The van der Waals surface area contributed by atoms with E-state index in [2.05, 4.69) is 10.7 Å². The summed E-state index contributed by atoms with van der Waals surface area (Å²) in [6, 6.07) is 0. The van der Waals surface area contributed by atoms with Crippen molar-refractivity contribution in [3.63, 3.8) is 0 Å². The van der Waals surface area contributed by atoms with Crippen LogP contribution in [0.5, 0.6) is 0 Å². The average molecular weight is 113 g/mol. The third kappa shape index (κ3) is 3.19. The van der Waals surface area contributed by atoms with Crippen LogP contribution in [0.4, 0.5) is 0 Å². The van der Waals surface area contributed by atoms with Crippen molar-refractivity contribution in [1.82, 2.24) is 0 Å². The molecule has 0 aromatic heterocycles. The highest BCUT2D eigenvalue weighted by Gasteiger charge is 1.95. The van der Waals surface area contributed by atoms with Crippen LogP contribution in [0.15, 0.2) is 0 Å². The Kier molecular flexibility index (Phi) is 3.63. The van der Waals surface area contributed by atoms with Crippen LogP contribution < -0.4 is 0 Å². The molecular weight excluding hydrogens is 108 g/mol. The Balaban J connectivity index is 3.15. The summed E-state index contributed by atoms with van der Waals surface area (Å²) in [5.74, 6) is 1.25. The van der Waals surface area contributed by atoms with Crippen LogP contribution >= 0.6 is 0 Å². The Bertz CT molecular complexity index is 111. The Morgan fingerprint density at radius 2 is 2.38 bits per heavy atom. The lowest BCUT2D eigenvalue weighted by molar-refractivity contribution is -0.147. The van der Waals surface area contributed by atoms with Gasteiger partial charge >= 0.3 is 5.97 Å². The second-order valence-corrected chi connectivity index (χ2v) is 1.01. The smallest absolute Gasteiger partial charge is 0.336 e. The molecule has 0 unspecified atom stereocenters. The number of hydrogen-bond acceptors (Lipinski definition) is 2. The molecule has 0 saturated carbocycles. The molecule has 0 aliphatic heterocycles. The van der Waals surface area contributed by atoms with Gasteiger partial charge < -0.3 is 4.74 Å². The highest BCUT2D eigenvalue weighted by atomic mass is 16.5. The molecular formula is C5H5O3. The molecule has 0 rings (SSSR count). The first-order valence-corrected chi connectivity index (χ1v) is 1.98. The van der Waals surface area contributed by atoms with Crippen LogP contribution in [0, 0.1) is 12.3 Å². The van der Waals surface area contributed by atoms with Crippen LogP contribution in [-0.4, -0.2) is 19.2 Å². The zero-order valence-corrected chi connectivity index (χ0v) is 4.22. The Labute approximate surface area is 47.3 Å². The quantitative estimate of drug-likeness (QED) is 0.361.